The summed E-state index contributed by atoms with van der Waals surface area (Å²) in [5, 5.41) is 0. The summed E-state index contributed by atoms with van der Waals surface area (Å²) in [6.07, 6.45) is 2.00. The molecule has 0 aromatic heterocycles. The average Bonchev–Trinajstić information content (AvgIpc) is 1.88. The molecule has 0 aliphatic rings. The standard InChI is InChI=1S/C7H13NO2/c1-6(4-8-3)10-7(2)5-9/h4-7H,1-3H3. The number of hydrogen-bond acceptors (Lipinski definition) is 3. The van der Waals surface area contributed by atoms with Crippen LogP contribution in [0.4, 0.5) is 0 Å². The number of carbonyl (C=O) groups is 1. The summed E-state index contributed by atoms with van der Waals surface area (Å²) in [7, 11) is 1.67. The topological polar surface area (TPSA) is 38.7 Å². The molecule has 0 spiro atoms. The molecule has 0 aliphatic heterocycles. The molecule has 0 aromatic carbocycles. The second kappa shape index (κ2) is 5.11. The van der Waals surface area contributed by atoms with Crippen molar-refractivity contribution in [1.29, 1.82) is 0 Å². The van der Waals surface area contributed by atoms with Crippen molar-refractivity contribution in [3.63, 3.8) is 0 Å². The molecule has 2 unspecified atom stereocenters. The van der Waals surface area contributed by atoms with E-state index in [0.29, 0.717) is 0 Å². The molecule has 2 atom stereocenters. The van der Waals surface area contributed by atoms with Crippen molar-refractivity contribution in [2.75, 3.05) is 7.05 Å². The lowest BCUT2D eigenvalue weighted by molar-refractivity contribution is -0.117. The summed E-state index contributed by atoms with van der Waals surface area (Å²) in [4.78, 5) is 13.8. The first-order chi connectivity index (χ1) is 4.70. The number of aliphatic imine (C=N–C) groups is 1. The number of aldehydes is 1. The molecule has 3 heteroatoms. The van der Waals surface area contributed by atoms with Gasteiger partial charge < -0.3 is 9.53 Å². The molecule has 0 saturated carbocycles. The average molecular weight is 143 g/mol. The SMILES string of the molecule is CN=CC(C)OC(C)C=O. The molecule has 0 amide bonds. The Morgan fingerprint density at radius 2 is 2.00 bits per heavy atom. The van der Waals surface area contributed by atoms with E-state index in [2.05, 4.69) is 4.99 Å². The molecule has 0 fully saturated rings. The highest BCUT2D eigenvalue weighted by molar-refractivity contribution is 5.63. The molecular weight excluding hydrogens is 130 g/mol. The second-order valence-electron chi connectivity index (χ2n) is 2.09. The Morgan fingerprint density at radius 1 is 1.40 bits per heavy atom. The third kappa shape index (κ3) is 4.21. The molecule has 10 heavy (non-hydrogen) atoms. The second-order valence-corrected chi connectivity index (χ2v) is 2.09. The van der Waals surface area contributed by atoms with Gasteiger partial charge in [0.15, 0.2) is 0 Å². The number of ether oxygens (including phenoxy) is 1. The van der Waals surface area contributed by atoms with Crippen molar-refractivity contribution in [3.8, 4) is 0 Å². The Kier molecular flexibility index (Phi) is 4.76. The molecule has 0 aromatic rings. The Balaban J connectivity index is 3.55. The van der Waals surface area contributed by atoms with E-state index >= 15 is 0 Å². The Labute approximate surface area is 61.1 Å². The zero-order valence-corrected chi connectivity index (χ0v) is 6.57. The van der Waals surface area contributed by atoms with Crippen LogP contribution in [-0.4, -0.2) is 31.8 Å². The molecule has 0 radical (unpaired) electrons. The van der Waals surface area contributed by atoms with Gasteiger partial charge in [0.2, 0.25) is 0 Å². The summed E-state index contributed by atoms with van der Waals surface area (Å²) in [6.45, 7) is 3.54. The van der Waals surface area contributed by atoms with Crippen LogP contribution in [0.5, 0.6) is 0 Å². The molecular formula is C7H13NO2. The summed E-state index contributed by atoms with van der Waals surface area (Å²) in [5.74, 6) is 0. The number of carbonyl (C=O) groups excluding carboxylic acids is 1. The quantitative estimate of drug-likeness (QED) is 0.428. The van der Waals surface area contributed by atoms with Crippen molar-refractivity contribution >= 4 is 12.5 Å². The van der Waals surface area contributed by atoms with Gasteiger partial charge in [0, 0.05) is 13.3 Å². The van der Waals surface area contributed by atoms with Crippen LogP contribution >= 0.6 is 0 Å². The van der Waals surface area contributed by atoms with E-state index in [0.717, 1.165) is 6.29 Å². The van der Waals surface area contributed by atoms with Crippen LogP contribution in [0.15, 0.2) is 4.99 Å². The van der Waals surface area contributed by atoms with Crippen LogP contribution in [0, 0.1) is 0 Å². The molecule has 0 aliphatic carbocycles. The lowest BCUT2D eigenvalue weighted by Gasteiger charge is -2.09. The predicted octanol–water partition coefficient (Wildman–Crippen LogP) is 0.679. The van der Waals surface area contributed by atoms with E-state index in [-0.39, 0.29) is 12.2 Å². The largest absolute Gasteiger partial charge is 0.362 e. The third-order valence-corrected chi connectivity index (χ3v) is 0.980. The van der Waals surface area contributed by atoms with Crippen LogP contribution in [0.2, 0.25) is 0 Å². The van der Waals surface area contributed by atoms with Gasteiger partial charge in [-0.3, -0.25) is 4.99 Å². The Morgan fingerprint density at radius 3 is 2.40 bits per heavy atom. The van der Waals surface area contributed by atoms with Crippen molar-refractivity contribution < 1.29 is 9.53 Å². The minimum absolute atomic E-state index is 0.0785. The molecule has 0 heterocycles. The highest BCUT2D eigenvalue weighted by Crippen LogP contribution is 1.91. The van der Waals surface area contributed by atoms with Crippen molar-refractivity contribution in [2.24, 2.45) is 4.99 Å². The van der Waals surface area contributed by atoms with Gasteiger partial charge in [-0.05, 0) is 13.8 Å². The van der Waals surface area contributed by atoms with E-state index < -0.39 is 0 Å². The van der Waals surface area contributed by atoms with Crippen molar-refractivity contribution in [3.05, 3.63) is 0 Å². The molecule has 0 N–H and O–H groups in total. The van der Waals surface area contributed by atoms with Gasteiger partial charge in [0.05, 0.1) is 6.10 Å². The van der Waals surface area contributed by atoms with Crippen molar-refractivity contribution in [2.45, 2.75) is 26.1 Å². The first-order valence-electron chi connectivity index (χ1n) is 3.23. The maximum absolute atomic E-state index is 10.1. The number of nitrogens with zero attached hydrogens (tertiary/aromatic N) is 1. The monoisotopic (exact) mass is 143 g/mol. The van der Waals surface area contributed by atoms with E-state index in [4.69, 9.17) is 4.74 Å². The fourth-order valence-electron chi connectivity index (χ4n) is 0.616. The lowest BCUT2D eigenvalue weighted by Crippen LogP contribution is -2.18. The number of hydrogen-bond donors (Lipinski definition) is 0. The Hall–Kier alpha value is -0.700. The van der Waals surface area contributed by atoms with Gasteiger partial charge >= 0.3 is 0 Å². The molecule has 0 saturated heterocycles. The maximum Gasteiger partial charge on any atom is 0.148 e. The minimum atomic E-state index is -0.340. The summed E-state index contributed by atoms with van der Waals surface area (Å²) in [6, 6.07) is 0. The minimum Gasteiger partial charge on any atom is -0.362 e. The molecule has 58 valence electrons. The highest BCUT2D eigenvalue weighted by atomic mass is 16.5. The van der Waals surface area contributed by atoms with Gasteiger partial charge in [0.25, 0.3) is 0 Å². The summed E-state index contributed by atoms with van der Waals surface area (Å²) >= 11 is 0. The van der Waals surface area contributed by atoms with E-state index in [1.807, 2.05) is 6.92 Å². The van der Waals surface area contributed by atoms with Crippen LogP contribution in [0.3, 0.4) is 0 Å². The lowest BCUT2D eigenvalue weighted by atomic mass is 10.4. The fraction of sp³-hybridized carbons (Fsp3) is 0.714. The number of rotatable bonds is 4. The fourth-order valence-corrected chi connectivity index (χ4v) is 0.616. The summed E-state index contributed by atoms with van der Waals surface area (Å²) < 4.78 is 5.12. The maximum atomic E-state index is 10.1. The normalized spacial score (nSPS) is 17.1. The van der Waals surface area contributed by atoms with Crippen LogP contribution in [0.1, 0.15) is 13.8 Å². The van der Waals surface area contributed by atoms with Gasteiger partial charge in [0.1, 0.15) is 12.4 Å². The first kappa shape index (κ1) is 9.30. The van der Waals surface area contributed by atoms with E-state index in [1.54, 1.807) is 20.2 Å². The van der Waals surface area contributed by atoms with Crippen molar-refractivity contribution in [1.82, 2.24) is 0 Å². The van der Waals surface area contributed by atoms with Crippen LogP contribution in [0.25, 0.3) is 0 Å². The first-order valence-corrected chi connectivity index (χ1v) is 3.23. The molecule has 3 nitrogen and oxygen atoms in total. The Bertz CT molecular complexity index is 123. The van der Waals surface area contributed by atoms with Gasteiger partial charge in [-0.15, -0.1) is 0 Å². The van der Waals surface area contributed by atoms with Gasteiger partial charge in [-0.1, -0.05) is 0 Å². The smallest absolute Gasteiger partial charge is 0.148 e. The van der Waals surface area contributed by atoms with E-state index in [1.165, 1.54) is 0 Å². The highest BCUT2D eigenvalue weighted by Gasteiger charge is 2.02. The van der Waals surface area contributed by atoms with Gasteiger partial charge in [-0.25, -0.2) is 0 Å². The zero-order valence-electron chi connectivity index (χ0n) is 6.57. The van der Waals surface area contributed by atoms with Crippen LogP contribution in [-0.2, 0) is 9.53 Å². The zero-order chi connectivity index (χ0) is 7.98. The van der Waals surface area contributed by atoms with Gasteiger partial charge in [-0.2, -0.15) is 0 Å². The predicted molar refractivity (Wildman–Crippen MR) is 40.5 cm³/mol. The van der Waals surface area contributed by atoms with E-state index in [9.17, 15) is 4.79 Å². The third-order valence-electron chi connectivity index (χ3n) is 0.980. The molecule has 0 rings (SSSR count). The van der Waals surface area contributed by atoms with Crippen LogP contribution < -0.4 is 0 Å². The summed E-state index contributed by atoms with van der Waals surface area (Å²) in [5.41, 5.74) is 0. The molecule has 0 bridgehead atoms.